The van der Waals surface area contributed by atoms with Gasteiger partial charge < -0.3 is 9.42 Å². The largest absolute Gasteiger partial charge is 0.433 e. The summed E-state index contributed by atoms with van der Waals surface area (Å²) in [5.74, 6) is -0.980. The van der Waals surface area contributed by atoms with E-state index in [1.54, 1.807) is 4.90 Å². The van der Waals surface area contributed by atoms with Gasteiger partial charge in [-0.3, -0.25) is 4.79 Å². The summed E-state index contributed by atoms with van der Waals surface area (Å²) in [5.41, 5.74) is 0.908. The van der Waals surface area contributed by atoms with Crippen molar-refractivity contribution in [2.75, 3.05) is 13.1 Å². The van der Waals surface area contributed by atoms with Crippen molar-refractivity contribution in [2.24, 2.45) is 0 Å². The quantitative estimate of drug-likeness (QED) is 0.422. The molecule has 1 aliphatic rings. The summed E-state index contributed by atoms with van der Waals surface area (Å²) in [6.07, 6.45) is -4.03. The molecule has 0 bridgehead atoms. The zero-order valence-electron chi connectivity index (χ0n) is 17.3. The number of hydrogen-bond donors (Lipinski definition) is 0. The second kappa shape index (κ2) is 7.68. The average molecular weight is 459 g/mol. The third-order valence-electron chi connectivity index (χ3n) is 5.62. The molecule has 7 nitrogen and oxygen atoms in total. The van der Waals surface area contributed by atoms with Crippen molar-refractivity contribution in [2.45, 2.75) is 25.4 Å². The van der Waals surface area contributed by atoms with E-state index < -0.39 is 11.9 Å². The van der Waals surface area contributed by atoms with Crippen LogP contribution in [0.5, 0.6) is 0 Å². The Hall–Kier alpha value is -3.76. The van der Waals surface area contributed by atoms with Crippen LogP contribution >= 0.6 is 0 Å². The lowest BCUT2D eigenvalue weighted by Gasteiger charge is -2.13. The monoisotopic (exact) mass is 459 g/mol. The lowest BCUT2D eigenvalue weighted by atomic mass is 10.1. The maximum Gasteiger partial charge on any atom is 0.433 e. The molecule has 1 aliphatic heterocycles. The molecule has 0 spiro atoms. The number of carbonyl (C=O) groups is 1. The molecule has 0 N–H and O–H groups in total. The Morgan fingerprint density at radius 2 is 1.91 bits per heavy atom. The van der Waals surface area contributed by atoms with E-state index in [1.165, 1.54) is 43.3 Å². The molecule has 0 radical (unpaired) electrons. The molecule has 33 heavy (non-hydrogen) atoms. The standard InChI is InChI=1S/C22H17F4N5O2/c1-12-8-19(22(24,25)26)31-20(27-12)10-16(28-31)14-6-7-30(11-14)21(32)18-9-17(29-33-18)13-2-4-15(23)5-3-13/h2-5,8-10,14H,6-7,11H2,1H3/t14-/m1/s1. The summed E-state index contributed by atoms with van der Waals surface area (Å²) in [6.45, 7) is 2.16. The first-order valence-electron chi connectivity index (χ1n) is 10.2. The SMILES string of the molecule is Cc1cc(C(F)(F)F)n2nc([C@@H]3CCN(C(=O)c4cc(-c5ccc(F)cc5)no4)C3)cc2n1. The van der Waals surface area contributed by atoms with Crippen LogP contribution in [0.25, 0.3) is 16.9 Å². The van der Waals surface area contributed by atoms with E-state index in [2.05, 4.69) is 15.2 Å². The van der Waals surface area contributed by atoms with Gasteiger partial charge in [0.15, 0.2) is 5.65 Å². The van der Waals surface area contributed by atoms with Gasteiger partial charge in [-0.25, -0.2) is 13.9 Å². The average Bonchev–Trinajstić information content (AvgIpc) is 3.51. The summed E-state index contributed by atoms with van der Waals surface area (Å²) < 4.78 is 59.3. The minimum absolute atomic E-state index is 0.0293. The second-order valence-electron chi connectivity index (χ2n) is 7.94. The fourth-order valence-electron chi connectivity index (χ4n) is 3.99. The number of nitrogens with zero attached hydrogens (tertiary/aromatic N) is 5. The van der Waals surface area contributed by atoms with Gasteiger partial charge in [-0.15, -0.1) is 0 Å². The highest BCUT2D eigenvalue weighted by Crippen LogP contribution is 2.33. The Bertz CT molecular complexity index is 1340. The molecule has 1 fully saturated rings. The van der Waals surface area contributed by atoms with Crippen molar-refractivity contribution in [3.8, 4) is 11.3 Å². The molecular formula is C22H17F4N5O2. The van der Waals surface area contributed by atoms with Crippen molar-refractivity contribution < 1.29 is 26.9 Å². The molecule has 1 amide bonds. The Morgan fingerprint density at radius 1 is 1.15 bits per heavy atom. The molecule has 0 unspecified atom stereocenters. The number of fused-ring (bicyclic) bond motifs is 1. The third kappa shape index (κ3) is 3.94. The van der Waals surface area contributed by atoms with E-state index in [0.717, 1.165) is 10.6 Å². The number of aryl methyl sites for hydroxylation is 1. The van der Waals surface area contributed by atoms with Gasteiger partial charge in [0.1, 0.15) is 17.2 Å². The van der Waals surface area contributed by atoms with Gasteiger partial charge in [0.25, 0.3) is 5.91 Å². The van der Waals surface area contributed by atoms with E-state index in [1.807, 2.05) is 0 Å². The topological polar surface area (TPSA) is 76.5 Å². The Kier molecular flexibility index (Phi) is 4.91. The lowest BCUT2D eigenvalue weighted by molar-refractivity contribution is -0.142. The first kappa shape index (κ1) is 21.1. The molecule has 1 atom stereocenters. The van der Waals surface area contributed by atoms with E-state index in [4.69, 9.17) is 4.52 Å². The molecule has 1 aromatic carbocycles. The zero-order chi connectivity index (χ0) is 23.3. The maximum absolute atomic E-state index is 13.4. The van der Waals surface area contributed by atoms with Crippen LogP contribution in [0.15, 0.2) is 47.0 Å². The number of alkyl halides is 3. The molecule has 1 saturated heterocycles. The van der Waals surface area contributed by atoms with Gasteiger partial charge in [0, 0.05) is 42.4 Å². The molecule has 0 aliphatic carbocycles. The zero-order valence-corrected chi connectivity index (χ0v) is 17.3. The molecule has 0 saturated carbocycles. The highest BCUT2D eigenvalue weighted by atomic mass is 19.4. The molecule has 5 rings (SSSR count). The predicted octanol–water partition coefficient (Wildman–Crippen LogP) is 4.48. The van der Waals surface area contributed by atoms with Crippen molar-refractivity contribution in [3.63, 3.8) is 0 Å². The highest BCUT2D eigenvalue weighted by Gasteiger charge is 2.36. The number of amides is 1. The first-order valence-corrected chi connectivity index (χ1v) is 10.2. The van der Waals surface area contributed by atoms with Crippen LogP contribution < -0.4 is 0 Å². The van der Waals surface area contributed by atoms with Crippen LogP contribution in [0.4, 0.5) is 17.6 Å². The Morgan fingerprint density at radius 3 is 2.64 bits per heavy atom. The fraction of sp³-hybridized carbons (Fsp3) is 0.273. The van der Waals surface area contributed by atoms with Gasteiger partial charge in [-0.2, -0.15) is 18.3 Å². The lowest BCUT2D eigenvalue weighted by Crippen LogP contribution is -2.28. The van der Waals surface area contributed by atoms with Gasteiger partial charge >= 0.3 is 6.18 Å². The number of rotatable bonds is 3. The fourth-order valence-corrected chi connectivity index (χ4v) is 3.99. The van der Waals surface area contributed by atoms with Gasteiger partial charge in [-0.1, -0.05) is 5.16 Å². The molecule has 4 heterocycles. The number of hydrogen-bond acceptors (Lipinski definition) is 5. The number of benzene rings is 1. The predicted molar refractivity (Wildman–Crippen MR) is 108 cm³/mol. The van der Waals surface area contributed by atoms with Crippen molar-refractivity contribution in [1.82, 2.24) is 24.7 Å². The van der Waals surface area contributed by atoms with E-state index >= 15 is 0 Å². The molecule has 3 aromatic heterocycles. The molecular weight excluding hydrogens is 442 g/mol. The van der Waals surface area contributed by atoms with Crippen LogP contribution in [0, 0.1) is 12.7 Å². The van der Waals surface area contributed by atoms with Crippen molar-refractivity contribution >= 4 is 11.6 Å². The van der Waals surface area contributed by atoms with E-state index in [9.17, 15) is 22.4 Å². The summed E-state index contributed by atoms with van der Waals surface area (Å²) in [4.78, 5) is 18.6. The minimum Gasteiger partial charge on any atom is -0.350 e. The van der Waals surface area contributed by atoms with E-state index in [-0.39, 0.29) is 41.3 Å². The van der Waals surface area contributed by atoms with Gasteiger partial charge in [0.2, 0.25) is 5.76 Å². The Balaban J connectivity index is 1.35. The van der Waals surface area contributed by atoms with Gasteiger partial charge in [0.05, 0.1) is 5.69 Å². The van der Waals surface area contributed by atoms with Crippen molar-refractivity contribution in [1.29, 1.82) is 0 Å². The summed E-state index contributed by atoms with van der Waals surface area (Å²) >= 11 is 0. The minimum atomic E-state index is -4.57. The number of carbonyl (C=O) groups excluding carboxylic acids is 1. The summed E-state index contributed by atoms with van der Waals surface area (Å²) in [6, 6.07) is 9.59. The van der Waals surface area contributed by atoms with Crippen LogP contribution in [0.3, 0.4) is 0 Å². The smallest absolute Gasteiger partial charge is 0.350 e. The van der Waals surface area contributed by atoms with Crippen LogP contribution in [-0.4, -0.2) is 43.7 Å². The number of halogens is 4. The van der Waals surface area contributed by atoms with Gasteiger partial charge in [-0.05, 0) is 43.7 Å². The molecule has 170 valence electrons. The third-order valence-corrected chi connectivity index (χ3v) is 5.62. The normalized spacial score (nSPS) is 16.6. The Labute approximate surface area is 184 Å². The number of likely N-dealkylation sites (tertiary alicyclic amines) is 1. The second-order valence-corrected chi connectivity index (χ2v) is 7.94. The highest BCUT2D eigenvalue weighted by molar-refractivity contribution is 5.92. The molecule has 4 aromatic rings. The maximum atomic E-state index is 13.4. The summed E-state index contributed by atoms with van der Waals surface area (Å²) in [7, 11) is 0. The molecule has 11 heteroatoms. The van der Waals surface area contributed by atoms with Crippen LogP contribution in [0.1, 0.15) is 40.0 Å². The van der Waals surface area contributed by atoms with Crippen LogP contribution in [0.2, 0.25) is 0 Å². The van der Waals surface area contributed by atoms with Crippen LogP contribution in [-0.2, 0) is 6.18 Å². The van der Waals surface area contributed by atoms with Crippen molar-refractivity contribution in [3.05, 3.63) is 71.1 Å². The number of aromatic nitrogens is 4. The summed E-state index contributed by atoms with van der Waals surface area (Å²) in [5, 5.41) is 8.03. The van der Waals surface area contributed by atoms with E-state index in [0.29, 0.717) is 29.9 Å². The first-order chi connectivity index (χ1) is 15.7.